The fraction of sp³-hybridized carbons (Fsp3) is 0.412. The number of nitrogens with one attached hydrogen (secondary N) is 2. The number of fused-ring (bicyclic) bond motifs is 10. The highest BCUT2D eigenvalue weighted by Gasteiger charge is 2.34. The maximum Gasteiger partial charge on any atom is 0.272 e. The molecule has 1 fully saturated rings. The Morgan fingerprint density at radius 2 is 1.78 bits per heavy atom. The fourth-order valence-electron chi connectivity index (χ4n) is 5.85. The van der Waals surface area contributed by atoms with Gasteiger partial charge in [0.15, 0.2) is 5.82 Å². The van der Waals surface area contributed by atoms with E-state index in [-0.39, 0.29) is 48.4 Å². The lowest BCUT2D eigenvalue weighted by Crippen LogP contribution is -2.51. The van der Waals surface area contributed by atoms with Crippen molar-refractivity contribution in [3.63, 3.8) is 0 Å². The molecule has 1 saturated heterocycles. The second-order valence-electron chi connectivity index (χ2n) is 11.8. The molecule has 4 bridgehead atoms. The van der Waals surface area contributed by atoms with E-state index in [1.165, 1.54) is 6.92 Å². The minimum absolute atomic E-state index is 0.135. The van der Waals surface area contributed by atoms with Gasteiger partial charge in [0.1, 0.15) is 24.1 Å². The summed E-state index contributed by atoms with van der Waals surface area (Å²) in [5.41, 5.74) is 2.83. The second kappa shape index (κ2) is 14.3. The Morgan fingerprint density at radius 1 is 0.978 bits per heavy atom. The van der Waals surface area contributed by atoms with Crippen LogP contribution in [0.15, 0.2) is 54.6 Å². The summed E-state index contributed by atoms with van der Waals surface area (Å²) in [4.78, 5) is 65.0. The minimum atomic E-state index is -0.703. The molecule has 0 saturated carbocycles. The number of aromatic nitrogens is 2. The Hall–Kier alpha value is -4.80. The Kier molecular flexibility index (Phi) is 10.1. The number of benzene rings is 2. The van der Waals surface area contributed by atoms with Crippen LogP contribution < -0.4 is 15.4 Å². The lowest BCUT2D eigenvalue weighted by molar-refractivity contribution is -0.137. The van der Waals surface area contributed by atoms with Crippen molar-refractivity contribution in [3.8, 4) is 17.1 Å². The number of carbonyl (C=O) groups is 4. The number of hydrogen-bond donors (Lipinski definition) is 2. The van der Waals surface area contributed by atoms with Crippen LogP contribution in [-0.4, -0.2) is 82.2 Å². The van der Waals surface area contributed by atoms with Crippen LogP contribution in [0.3, 0.4) is 0 Å². The SMILES string of the molecule is CC(=O)Nc1cc2ccc1OC[C@@H]1CCCN1C(=O)[C@@H](NC(=O)Cc1ccccc1)CCCCN(C)C(=O)c1cc(C)nc-2n1. The Bertz CT molecular complexity index is 1560. The van der Waals surface area contributed by atoms with Crippen molar-refractivity contribution in [1.82, 2.24) is 25.1 Å². The zero-order valence-electron chi connectivity index (χ0n) is 26.0. The van der Waals surface area contributed by atoms with Crippen molar-refractivity contribution in [3.05, 3.63) is 71.5 Å². The molecule has 0 aliphatic carbocycles. The third kappa shape index (κ3) is 8.03. The average Bonchev–Trinajstić information content (AvgIpc) is 3.49. The predicted octanol–water partition coefficient (Wildman–Crippen LogP) is 3.76. The van der Waals surface area contributed by atoms with E-state index in [1.807, 2.05) is 35.2 Å². The topological polar surface area (TPSA) is 134 Å². The first-order valence-electron chi connectivity index (χ1n) is 15.5. The summed E-state index contributed by atoms with van der Waals surface area (Å²) in [6.07, 6.45) is 3.48. The number of aryl methyl sites for hydroxylation is 1. The van der Waals surface area contributed by atoms with Crippen LogP contribution in [0.5, 0.6) is 5.75 Å². The summed E-state index contributed by atoms with van der Waals surface area (Å²) in [5, 5.41) is 5.83. The van der Waals surface area contributed by atoms with Crippen molar-refractivity contribution < 1.29 is 23.9 Å². The largest absolute Gasteiger partial charge is 0.489 e. The van der Waals surface area contributed by atoms with Crippen molar-refractivity contribution in [1.29, 1.82) is 0 Å². The van der Waals surface area contributed by atoms with Crippen molar-refractivity contribution in [2.45, 2.75) is 64.5 Å². The molecule has 0 unspecified atom stereocenters. The normalized spacial score (nSPS) is 19.2. The van der Waals surface area contributed by atoms with Gasteiger partial charge in [0.25, 0.3) is 5.91 Å². The van der Waals surface area contributed by atoms with Crippen LogP contribution in [0.1, 0.15) is 60.8 Å². The van der Waals surface area contributed by atoms with E-state index >= 15 is 0 Å². The second-order valence-corrected chi connectivity index (χ2v) is 11.8. The summed E-state index contributed by atoms with van der Waals surface area (Å²) in [6.45, 7) is 4.47. The van der Waals surface area contributed by atoms with Crippen LogP contribution in [0.2, 0.25) is 0 Å². The molecule has 2 atom stereocenters. The smallest absolute Gasteiger partial charge is 0.272 e. The predicted molar refractivity (Wildman–Crippen MR) is 170 cm³/mol. The van der Waals surface area contributed by atoms with Crippen LogP contribution in [0, 0.1) is 6.92 Å². The monoisotopic (exact) mass is 612 g/mol. The summed E-state index contributed by atoms with van der Waals surface area (Å²) in [6, 6.07) is 15.5. The van der Waals surface area contributed by atoms with Crippen LogP contribution >= 0.6 is 0 Å². The number of anilines is 1. The van der Waals surface area contributed by atoms with Gasteiger partial charge in [0.05, 0.1) is 18.2 Å². The van der Waals surface area contributed by atoms with Crippen LogP contribution in [0.25, 0.3) is 11.4 Å². The highest BCUT2D eigenvalue weighted by molar-refractivity contribution is 5.93. The molecule has 0 radical (unpaired) electrons. The van der Waals surface area contributed by atoms with Gasteiger partial charge in [-0.25, -0.2) is 9.97 Å². The van der Waals surface area contributed by atoms with Crippen molar-refractivity contribution >= 4 is 29.3 Å². The average molecular weight is 613 g/mol. The Balaban J connectivity index is 1.44. The first-order chi connectivity index (χ1) is 21.7. The number of rotatable bonds is 4. The third-order valence-electron chi connectivity index (χ3n) is 8.14. The van der Waals surface area contributed by atoms with Gasteiger partial charge in [-0.3, -0.25) is 19.2 Å². The molecule has 4 heterocycles. The molecule has 236 valence electrons. The zero-order chi connectivity index (χ0) is 31.9. The number of ether oxygens (including phenoxy) is 1. The molecule has 3 aliphatic heterocycles. The maximum absolute atomic E-state index is 14.0. The standard InChI is InChI=1S/C34H40N6O5/c1-22-18-29-33(43)39(3)16-8-7-13-27(37-31(42)19-24-10-5-4-6-11-24)34(44)40-17-9-12-26(40)21-45-30-15-14-25(32(35-22)38-29)20-28(30)36-23(2)41/h4-6,10-11,14-15,18,20,26-27H,7-9,12-13,16-17,19,21H2,1-3H3,(H,36,41)(H,37,42)/t26-,27-/m0/s1. The molecule has 0 spiro atoms. The molecule has 11 nitrogen and oxygen atoms in total. The van der Waals surface area contributed by atoms with Crippen molar-refractivity contribution in [2.75, 3.05) is 32.1 Å². The van der Waals surface area contributed by atoms with Crippen LogP contribution in [0.4, 0.5) is 5.69 Å². The van der Waals surface area contributed by atoms with Gasteiger partial charge in [0.2, 0.25) is 17.7 Å². The molecule has 3 aromatic rings. The fourth-order valence-corrected chi connectivity index (χ4v) is 5.85. The first kappa shape index (κ1) is 31.6. The quantitative estimate of drug-likeness (QED) is 0.458. The van der Waals surface area contributed by atoms with E-state index in [0.717, 1.165) is 18.4 Å². The van der Waals surface area contributed by atoms with E-state index in [0.29, 0.717) is 60.9 Å². The molecule has 2 N–H and O–H groups in total. The van der Waals surface area contributed by atoms with Gasteiger partial charge >= 0.3 is 0 Å². The molecule has 3 aliphatic rings. The minimum Gasteiger partial charge on any atom is -0.489 e. The van der Waals surface area contributed by atoms with Gasteiger partial charge in [0, 0.05) is 38.3 Å². The lowest BCUT2D eigenvalue weighted by Gasteiger charge is -2.30. The molecule has 6 rings (SSSR count). The third-order valence-corrected chi connectivity index (χ3v) is 8.14. The molecule has 4 amide bonds. The van der Waals surface area contributed by atoms with Gasteiger partial charge in [-0.15, -0.1) is 0 Å². The molecule has 1 aromatic heterocycles. The summed E-state index contributed by atoms with van der Waals surface area (Å²) >= 11 is 0. The molecule has 2 aromatic carbocycles. The number of amides is 4. The van der Waals surface area contributed by atoms with Gasteiger partial charge in [-0.1, -0.05) is 30.3 Å². The summed E-state index contributed by atoms with van der Waals surface area (Å²) < 4.78 is 6.23. The van der Waals surface area contributed by atoms with E-state index in [4.69, 9.17) is 4.74 Å². The number of hydrogen-bond acceptors (Lipinski definition) is 7. The summed E-state index contributed by atoms with van der Waals surface area (Å²) in [7, 11) is 1.72. The summed E-state index contributed by atoms with van der Waals surface area (Å²) in [5.74, 6) is -0.0569. The number of nitrogens with zero attached hydrogens (tertiary/aromatic N) is 4. The highest BCUT2D eigenvalue weighted by atomic mass is 16.5. The molecule has 45 heavy (non-hydrogen) atoms. The van der Waals surface area contributed by atoms with E-state index < -0.39 is 6.04 Å². The molecular weight excluding hydrogens is 572 g/mol. The lowest BCUT2D eigenvalue weighted by atomic mass is 10.1. The first-order valence-corrected chi connectivity index (χ1v) is 15.5. The van der Waals surface area contributed by atoms with Crippen molar-refractivity contribution in [2.24, 2.45) is 0 Å². The Morgan fingerprint density at radius 3 is 2.56 bits per heavy atom. The molecule has 11 heteroatoms. The van der Waals surface area contributed by atoms with Gasteiger partial charge in [-0.2, -0.15) is 0 Å². The van der Waals surface area contributed by atoms with Gasteiger partial charge in [-0.05, 0) is 68.9 Å². The number of carbonyl (C=O) groups excluding carboxylic acids is 4. The van der Waals surface area contributed by atoms with Gasteiger partial charge < -0.3 is 25.2 Å². The van der Waals surface area contributed by atoms with E-state index in [2.05, 4.69) is 20.6 Å². The highest BCUT2D eigenvalue weighted by Crippen LogP contribution is 2.31. The zero-order valence-corrected chi connectivity index (χ0v) is 26.0. The maximum atomic E-state index is 14.0. The van der Waals surface area contributed by atoms with E-state index in [9.17, 15) is 19.2 Å². The van der Waals surface area contributed by atoms with E-state index in [1.54, 1.807) is 43.1 Å². The molecular formula is C34H40N6O5. The Labute approximate surface area is 263 Å². The van der Waals surface area contributed by atoms with Crippen LogP contribution in [-0.2, 0) is 20.8 Å².